The molecule has 24 heavy (non-hydrogen) atoms. The van der Waals surface area contributed by atoms with Crippen LogP contribution in [0.1, 0.15) is 25.2 Å². The van der Waals surface area contributed by atoms with Gasteiger partial charge in [-0.25, -0.2) is 0 Å². The molecule has 0 saturated carbocycles. The van der Waals surface area contributed by atoms with Crippen LogP contribution in [0.2, 0.25) is 0 Å². The SMILES string of the molecule is Cc1nnc(-c2ccc3ccn(CC(=O)N4CCCCC4)c3c2)o1. The Morgan fingerprint density at radius 2 is 2.00 bits per heavy atom. The molecule has 1 aromatic carbocycles. The van der Waals surface area contributed by atoms with Gasteiger partial charge in [0, 0.05) is 37.3 Å². The molecule has 0 bridgehead atoms. The van der Waals surface area contributed by atoms with E-state index in [2.05, 4.69) is 10.2 Å². The van der Waals surface area contributed by atoms with Gasteiger partial charge in [0.15, 0.2) is 0 Å². The third-order valence-electron chi connectivity index (χ3n) is 4.56. The summed E-state index contributed by atoms with van der Waals surface area (Å²) >= 11 is 0. The van der Waals surface area contributed by atoms with Gasteiger partial charge in [0.05, 0.1) is 0 Å². The molecule has 1 aliphatic heterocycles. The third-order valence-corrected chi connectivity index (χ3v) is 4.56. The van der Waals surface area contributed by atoms with Crippen molar-refractivity contribution >= 4 is 16.8 Å². The maximum atomic E-state index is 12.5. The van der Waals surface area contributed by atoms with E-state index >= 15 is 0 Å². The van der Waals surface area contributed by atoms with Gasteiger partial charge in [-0.1, -0.05) is 6.07 Å². The second kappa shape index (κ2) is 6.11. The number of benzene rings is 1. The second-order valence-corrected chi connectivity index (χ2v) is 6.28. The van der Waals surface area contributed by atoms with Crippen molar-refractivity contribution in [2.45, 2.75) is 32.7 Å². The Labute approximate surface area is 140 Å². The van der Waals surface area contributed by atoms with E-state index in [0.717, 1.165) is 42.4 Å². The fraction of sp³-hybridized carbons (Fsp3) is 0.389. The van der Waals surface area contributed by atoms with E-state index in [1.807, 2.05) is 39.9 Å². The van der Waals surface area contributed by atoms with Crippen LogP contribution in [0.25, 0.3) is 22.4 Å². The molecule has 1 fully saturated rings. The van der Waals surface area contributed by atoms with Gasteiger partial charge in [-0.15, -0.1) is 10.2 Å². The molecule has 0 spiro atoms. The number of fused-ring (bicyclic) bond motifs is 1. The molecule has 6 heteroatoms. The molecule has 4 rings (SSSR count). The van der Waals surface area contributed by atoms with E-state index in [-0.39, 0.29) is 5.91 Å². The molecule has 1 saturated heterocycles. The minimum Gasteiger partial charge on any atom is -0.421 e. The monoisotopic (exact) mass is 324 g/mol. The number of hydrogen-bond donors (Lipinski definition) is 0. The van der Waals surface area contributed by atoms with Crippen molar-refractivity contribution in [3.05, 3.63) is 36.4 Å². The summed E-state index contributed by atoms with van der Waals surface area (Å²) in [6.45, 7) is 3.90. The minimum absolute atomic E-state index is 0.186. The van der Waals surface area contributed by atoms with Crippen LogP contribution in [0.3, 0.4) is 0 Å². The normalized spacial score (nSPS) is 15.1. The third kappa shape index (κ3) is 2.79. The first-order valence-electron chi connectivity index (χ1n) is 8.38. The summed E-state index contributed by atoms with van der Waals surface area (Å²) in [6.07, 6.45) is 5.41. The summed E-state index contributed by atoms with van der Waals surface area (Å²) in [7, 11) is 0. The molecule has 0 atom stereocenters. The summed E-state index contributed by atoms with van der Waals surface area (Å²) in [4.78, 5) is 14.5. The average Bonchev–Trinajstić information content (AvgIpc) is 3.22. The lowest BCUT2D eigenvalue weighted by Crippen LogP contribution is -2.37. The molecule has 6 nitrogen and oxygen atoms in total. The van der Waals surface area contributed by atoms with Gasteiger partial charge < -0.3 is 13.9 Å². The fourth-order valence-corrected chi connectivity index (χ4v) is 3.26. The van der Waals surface area contributed by atoms with E-state index in [4.69, 9.17) is 4.42 Å². The van der Waals surface area contributed by atoms with Crippen LogP contribution >= 0.6 is 0 Å². The first kappa shape index (κ1) is 14.9. The number of aromatic nitrogens is 3. The number of carbonyl (C=O) groups is 1. The summed E-state index contributed by atoms with van der Waals surface area (Å²) in [5.41, 5.74) is 1.88. The molecule has 3 heterocycles. The quantitative estimate of drug-likeness (QED) is 0.743. The Balaban J connectivity index is 1.62. The van der Waals surface area contributed by atoms with Gasteiger partial charge in [-0.2, -0.15) is 0 Å². The maximum Gasteiger partial charge on any atom is 0.247 e. The van der Waals surface area contributed by atoms with Gasteiger partial charge in [0.1, 0.15) is 6.54 Å². The number of amides is 1. The van der Waals surface area contributed by atoms with Gasteiger partial charge >= 0.3 is 0 Å². The lowest BCUT2D eigenvalue weighted by atomic mass is 10.1. The lowest BCUT2D eigenvalue weighted by Gasteiger charge is -2.27. The zero-order chi connectivity index (χ0) is 16.5. The topological polar surface area (TPSA) is 64.2 Å². The molecule has 0 radical (unpaired) electrons. The molecule has 1 aliphatic rings. The standard InChI is InChI=1S/C18H20N4O2/c1-13-19-20-18(24-13)15-6-5-14-7-10-22(16(14)11-15)12-17(23)21-8-3-2-4-9-21/h5-7,10-11H,2-4,8-9,12H2,1H3. The number of nitrogens with zero attached hydrogens (tertiary/aromatic N) is 4. The van der Waals surface area contributed by atoms with E-state index in [1.54, 1.807) is 6.92 Å². The number of piperidine rings is 1. The summed E-state index contributed by atoms with van der Waals surface area (Å²) in [5.74, 6) is 1.23. The Bertz CT molecular complexity index is 874. The minimum atomic E-state index is 0.186. The average molecular weight is 324 g/mol. The van der Waals surface area contributed by atoms with E-state index in [9.17, 15) is 4.79 Å². The van der Waals surface area contributed by atoms with E-state index < -0.39 is 0 Å². The Morgan fingerprint density at radius 1 is 1.17 bits per heavy atom. The van der Waals surface area contributed by atoms with Crippen LogP contribution < -0.4 is 0 Å². The van der Waals surface area contributed by atoms with Gasteiger partial charge in [-0.05, 0) is 42.8 Å². The number of rotatable bonds is 3. The largest absolute Gasteiger partial charge is 0.421 e. The highest BCUT2D eigenvalue weighted by atomic mass is 16.4. The number of aryl methyl sites for hydroxylation is 1. The van der Waals surface area contributed by atoms with Crippen molar-refractivity contribution in [3.8, 4) is 11.5 Å². The second-order valence-electron chi connectivity index (χ2n) is 6.28. The van der Waals surface area contributed by atoms with Crippen molar-refractivity contribution in [2.24, 2.45) is 0 Å². The van der Waals surface area contributed by atoms with E-state index in [0.29, 0.717) is 18.3 Å². The molecule has 0 unspecified atom stereocenters. The Morgan fingerprint density at radius 3 is 2.75 bits per heavy atom. The molecular formula is C18H20N4O2. The fourth-order valence-electron chi connectivity index (χ4n) is 3.26. The highest BCUT2D eigenvalue weighted by Gasteiger charge is 2.17. The van der Waals surface area contributed by atoms with Gasteiger partial charge in [0.2, 0.25) is 17.7 Å². The Kier molecular flexibility index (Phi) is 3.80. The van der Waals surface area contributed by atoms with Gasteiger partial charge in [-0.3, -0.25) is 4.79 Å². The van der Waals surface area contributed by atoms with Crippen molar-refractivity contribution < 1.29 is 9.21 Å². The zero-order valence-electron chi connectivity index (χ0n) is 13.7. The molecule has 0 N–H and O–H groups in total. The summed E-state index contributed by atoms with van der Waals surface area (Å²) in [5, 5.41) is 9.05. The summed E-state index contributed by atoms with van der Waals surface area (Å²) < 4.78 is 7.50. The number of carbonyl (C=O) groups excluding carboxylic acids is 1. The summed E-state index contributed by atoms with van der Waals surface area (Å²) in [6, 6.07) is 8.02. The van der Waals surface area contributed by atoms with Crippen molar-refractivity contribution in [3.63, 3.8) is 0 Å². The Hall–Kier alpha value is -2.63. The molecule has 3 aromatic rings. The first-order valence-corrected chi connectivity index (χ1v) is 8.38. The van der Waals surface area contributed by atoms with Crippen LogP contribution in [0.5, 0.6) is 0 Å². The zero-order valence-corrected chi connectivity index (χ0v) is 13.7. The highest BCUT2D eigenvalue weighted by Crippen LogP contribution is 2.24. The maximum absolute atomic E-state index is 12.5. The van der Waals surface area contributed by atoms with Gasteiger partial charge in [0.25, 0.3) is 0 Å². The number of hydrogen-bond acceptors (Lipinski definition) is 4. The predicted octanol–water partition coefficient (Wildman–Crippen LogP) is 3.01. The van der Waals surface area contributed by atoms with Crippen LogP contribution in [0, 0.1) is 6.92 Å². The van der Waals surface area contributed by atoms with Crippen LogP contribution in [-0.2, 0) is 11.3 Å². The molecule has 0 aliphatic carbocycles. The molecular weight excluding hydrogens is 304 g/mol. The number of likely N-dealkylation sites (tertiary alicyclic amines) is 1. The van der Waals surface area contributed by atoms with Crippen LogP contribution in [-0.4, -0.2) is 38.7 Å². The van der Waals surface area contributed by atoms with Crippen LogP contribution in [0.15, 0.2) is 34.9 Å². The smallest absolute Gasteiger partial charge is 0.247 e. The highest BCUT2D eigenvalue weighted by molar-refractivity contribution is 5.86. The van der Waals surface area contributed by atoms with Crippen molar-refractivity contribution in [1.82, 2.24) is 19.7 Å². The van der Waals surface area contributed by atoms with E-state index in [1.165, 1.54) is 6.42 Å². The van der Waals surface area contributed by atoms with Crippen molar-refractivity contribution in [2.75, 3.05) is 13.1 Å². The molecule has 2 aromatic heterocycles. The first-order chi connectivity index (χ1) is 11.7. The van der Waals surface area contributed by atoms with Crippen molar-refractivity contribution in [1.29, 1.82) is 0 Å². The van der Waals surface area contributed by atoms with Crippen LogP contribution in [0.4, 0.5) is 0 Å². The molecule has 1 amide bonds. The predicted molar refractivity (Wildman–Crippen MR) is 90.4 cm³/mol. The lowest BCUT2D eigenvalue weighted by molar-refractivity contribution is -0.132. The molecule has 124 valence electrons.